The highest BCUT2D eigenvalue weighted by Gasteiger charge is 1.97. The van der Waals surface area contributed by atoms with Gasteiger partial charge in [-0.25, -0.2) is 4.98 Å². The standard InChI is InChI=1S/C8H6N2OS/c11-10-4-6-1-2-7-8(3-6)12-5-9-7/h1-3,5H,4H2. The van der Waals surface area contributed by atoms with Gasteiger partial charge in [-0.2, -0.15) is 4.91 Å². The van der Waals surface area contributed by atoms with Crippen molar-refractivity contribution in [1.29, 1.82) is 0 Å². The summed E-state index contributed by atoms with van der Waals surface area (Å²) in [5.41, 5.74) is 3.72. The van der Waals surface area contributed by atoms with Crippen LogP contribution in [-0.2, 0) is 6.54 Å². The zero-order valence-corrected chi connectivity index (χ0v) is 7.04. The Morgan fingerprint density at radius 2 is 2.42 bits per heavy atom. The first-order valence-corrected chi connectivity index (χ1v) is 4.39. The highest BCUT2D eigenvalue weighted by atomic mass is 32.1. The molecule has 2 aromatic rings. The van der Waals surface area contributed by atoms with Gasteiger partial charge in [0, 0.05) is 0 Å². The number of aromatic nitrogens is 1. The molecule has 1 aromatic carbocycles. The maximum absolute atomic E-state index is 9.99. The Morgan fingerprint density at radius 1 is 1.50 bits per heavy atom. The first kappa shape index (κ1) is 7.36. The Hall–Kier alpha value is -1.29. The van der Waals surface area contributed by atoms with Crippen LogP contribution in [0, 0.1) is 4.91 Å². The van der Waals surface area contributed by atoms with Crippen LogP contribution in [0.4, 0.5) is 0 Å². The van der Waals surface area contributed by atoms with Crippen molar-refractivity contribution in [3.63, 3.8) is 0 Å². The van der Waals surface area contributed by atoms with E-state index >= 15 is 0 Å². The summed E-state index contributed by atoms with van der Waals surface area (Å²) in [5, 5.41) is 2.83. The van der Waals surface area contributed by atoms with Crippen LogP contribution >= 0.6 is 11.3 Å². The molecule has 4 heteroatoms. The van der Waals surface area contributed by atoms with Crippen molar-refractivity contribution in [2.24, 2.45) is 5.18 Å². The number of thiazole rings is 1. The average Bonchev–Trinajstić information content (AvgIpc) is 2.51. The van der Waals surface area contributed by atoms with E-state index in [1.807, 2.05) is 18.2 Å². The molecule has 0 N–H and O–H groups in total. The summed E-state index contributed by atoms with van der Waals surface area (Å²) < 4.78 is 1.11. The normalized spacial score (nSPS) is 10.3. The number of benzene rings is 1. The minimum Gasteiger partial charge on any atom is -0.245 e. The lowest BCUT2D eigenvalue weighted by atomic mass is 10.2. The Kier molecular flexibility index (Phi) is 1.83. The van der Waals surface area contributed by atoms with Crippen molar-refractivity contribution in [3.8, 4) is 0 Å². The maximum atomic E-state index is 9.99. The molecule has 0 radical (unpaired) electrons. The molecule has 0 atom stereocenters. The molecule has 0 fully saturated rings. The van der Waals surface area contributed by atoms with Crippen LogP contribution in [0.5, 0.6) is 0 Å². The molecular weight excluding hydrogens is 172 g/mol. The molecule has 3 nitrogen and oxygen atoms in total. The number of nitrogens with zero attached hydrogens (tertiary/aromatic N) is 2. The number of rotatable bonds is 2. The van der Waals surface area contributed by atoms with E-state index in [1.165, 1.54) is 0 Å². The van der Waals surface area contributed by atoms with Gasteiger partial charge in [0.25, 0.3) is 0 Å². The zero-order chi connectivity index (χ0) is 8.39. The fourth-order valence-electron chi connectivity index (χ4n) is 1.07. The highest BCUT2D eigenvalue weighted by molar-refractivity contribution is 7.16. The third-order valence-corrected chi connectivity index (χ3v) is 2.43. The van der Waals surface area contributed by atoms with Crippen LogP contribution in [0.2, 0.25) is 0 Å². The zero-order valence-electron chi connectivity index (χ0n) is 6.23. The third kappa shape index (κ3) is 1.21. The second-order valence-electron chi connectivity index (χ2n) is 2.44. The molecule has 0 amide bonds. The SMILES string of the molecule is O=NCc1ccc2ncsc2c1. The fourth-order valence-corrected chi connectivity index (χ4v) is 1.81. The molecule has 0 aliphatic carbocycles. The topological polar surface area (TPSA) is 42.3 Å². The lowest BCUT2D eigenvalue weighted by Crippen LogP contribution is -1.78. The van der Waals surface area contributed by atoms with Gasteiger partial charge in [0.15, 0.2) is 0 Å². The van der Waals surface area contributed by atoms with E-state index in [2.05, 4.69) is 10.2 Å². The van der Waals surface area contributed by atoms with Crippen molar-refractivity contribution >= 4 is 21.6 Å². The number of hydrogen-bond donors (Lipinski definition) is 0. The van der Waals surface area contributed by atoms with Crippen molar-refractivity contribution in [2.75, 3.05) is 0 Å². The summed E-state index contributed by atoms with van der Waals surface area (Å²) in [6.07, 6.45) is 0. The monoisotopic (exact) mass is 178 g/mol. The third-order valence-electron chi connectivity index (χ3n) is 1.64. The van der Waals surface area contributed by atoms with E-state index < -0.39 is 0 Å². The average molecular weight is 178 g/mol. The second kappa shape index (κ2) is 2.98. The van der Waals surface area contributed by atoms with Crippen molar-refractivity contribution in [1.82, 2.24) is 4.98 Å². The molecule has 0 bridgehead atoms. The quantitative estimate of drug-likeness (QED) is 0.663. The Morgan fingerprint density at radius 3 is 3.25 bits per heavy atom. The number of nitroso groups, excluding NO2 is 1. The fraction of sp³-hybridized carbons (Fsp3) is 0.125. The summed E-state index contributed by atoms with van der Waals surface area (Å²) >= 11 is 1.57. The largest absolute Gasteiger partial charge is 0.245 e. The molecule has 0 spiro atoms. The van der Waals surface area contributed by atoms with Crippen LogP contribution < -0.4 is 0 Å². The molecule has 0 saturated heterocycles. The Labute approximate surface area is 73.0 Å². The van der Waals surface area contributed by atoms with E-state index in [-0.39, 0.29) is 6.54 Å². The molecule has 0 unspecified atom stereocenters. The van der Waals surface area contributed by atoms with Crippen LogP contribution in [0.1, 0.15) is 5.56 Å². The van der Waals surface area contributed by atoms with Crippen LogP contribution in [-0.4, -0.2) is 4.98 Å². The lowest BCUT2D eigenvalue weighted by Gasteiger charge is -1.92. The van der Waals surface area contributed by atoms with Gasteiger partial charge in [0.2, 0.25) is 0 Å². The molecular formula is C8H6N2OS. The van der Waals surface area contributed by atoms with Gasteiger partial charge in [0.1, 0.15) is 6.54 Å². The molecule has 12 heavy (non-hydrogen) atoms. The van der Waals surface area contributed by atoms with Gasteiger partial charge >= 0.3 is 0 Å². The van der Waals surface area contributed by atoms with E-state index in [0.717, 1.165) is 15.8 Å². The van der Waals surface area contributed by atoms with Gasteiger partial charge in [0.05, 0.1) is 15.7 Å². The Balaban J connectivity index is 2.52. The summed E-state index contributed by atoms with van der Waals surface area (Å²) in [6, 6.07) is 5.74. The predicted molar refractivity (Wildman–Crippen MR) is 49.1 cm³/mol. The van der Waals surface area contributed by atoms with Gasteiger partial charge < -0.3 is 0 Å². The predicted octanol–water partition coefficient (Wildman–Crippen LogP) is 2.56. The first-order valence-electron chi connectivity index (χ1n) is 3.51. The van der Waals surface area contributed by atoms with Gasteiger partial charge in [-0.15, -0.1) is 11.3 Å². The molecule has 1 heterocycles. The smallest absolute Gasteiger partial charge is 0.106 e. The van der Waals surface area contributed by atoms with E-state index in [1.54, 1.807) is 16.8 Å². The summed E-state index contributed by atoms with van der Waals surface area (Å²) in [6.45, 7) is 0.244. The van der Waals surface area contributed by atoms with E-state index in [9.17, 15) is 4.91 Å². The number of fused-ring (bicyclic) bond motifs is 1. The van der Waals surface area contributed by atoms with Crippen LogP contribution in [0.15, 0.2) is 28.9 Å². The first-order chi connectivity index (χ1) is 5.90. The van der Waals surface area contributed by atoms with Gasteiger partial charge in [-0.3, -0.25) is 0 Å². The second-order valence-corrected chi connectivity index (χ2v) is 3.33. The molecule has 60 valence electrons. The molecule has 0 aliphatic rings. The van der Waals surface area contributed by atoms with Gasteiger partial charge in [-0.05, 0) is 17.7 Å². The van der Waals surface area contributed by atoms with Crippen molar-refractivity contribution in [2.45, 2.75) is 6.54 Å². The maximum Gasteiger partial charge on any atom is 0.106 e. The van der Waals surface area contributed by atoms with E-state index in [0.29, 0.717) is 0 Å². The number of hydrogen-bond acceptors (Lipinski definition) is 4. The van der Waals surface area contributed by atoms with Crippen molar-refractivity contribution in [3.05, 3.63) is 34.2 Å². The molecule has 0 saturated carbocycles. The molecule has 1 aromatic heterocycles. The lowest BCUT2D eigenvalue weighted by molar-refractivity contribution is 1.06. The van der Waals surface area contributed by atoms with Crippen molar-refractivity contribution < 1.29 is 0 Å². The molecule has 2 rings (SSSR count). The minimum atomic E-state index is 0.244. The Bertz CT molecular complexity index is 410. The minimum absolute atomic E-state index is 0.244. The highest BCUT2D eigenvalue weighted by Crippen LogP contribution is 2.19. The summed E-state index contributed by atoms with van der Waals surface area (Å²) in [7, 11) is 0. The van der Waals surface area contributed by atoms with Crippen LogP contribution in [0.3, 0.4) is 0 Å². The van der Waals surface area contributed by atoms with Crippen LogP contribution in [0.25, 0.3) is 10.2 Å². The van der Waals surface area contributed by atoms with Gasteiger partial charge in [-0.1, -0.05) is 11.2 Å². The summed E-state index contributed by atoms with van der Waals surface area (Å²) in [4.78, 5) is 14.1. The molecule has 0 aliphatic heterocycles. The van der Waals surface area contributed by atoms with E-state index in [4.69, 9.17) is 0 Å². The summed E-state index contributed by atoms with van der Waals surface area (Å²) in [5.74, 6) is 0.